The Kier molecular flexibility index (Phi) is 5.88. The van der Waals surface area contributed by atoms with Crippen LogP contribution in [0.5, 0.6) is 0 Å². The van der Waals surface area contributed by atoms with Crippen molar-refractivity contribution in [2.24, 2.45) is 5.92 Å². The van der Waals surface area contributed by atoms with Gasteiger partial charge in [0.25, 0.3) is 0 Å². The maximum atomic E-state index is 12.6. The number of ketones is 1. The average Bonchev–Trinajstić information content (AvgIpc) is 3.24. The third kappa shape index (κ3) is 4.04. The minimum Gasteiger partial charge on any atom is -0.461 e. The van der Waals surface area contributed by atoms with E-state index in [2.05, 4.69) is 6.58 Å². The summed E-state index contributed by atoms with van der Waals surface area (Å²) >= 11 is 0. The minimum atomic E-state index is -1.44. The topological polar surface area (TPSA) is 129 Å². The van der Waals surface area contributed by atoms with Crippen LogP contribution in [-0.4, -0.2) is 65.4 Å². The fourth-order valence-corrected chi connectivity index (χ4v) is 3.84. The number of aliphatic hydroxyl groups excluding tert-OH is 1. The number of fused-ring (bicyclic) bond motifs is 3. The monoisotopic (exact) mass is 422 g/mol. The van der Waals surface area contributed by atoms with E-state index in [-0.39, 0.29) is 28.9 Å². The number of rotatable bonds is 4. The van der Waals surface area contributed by atoms with Gasteiger partial charge in [-0.15, -0.1) is 0 Å². The zero-order valence-electron chi connectivity index (χ0n) is 17.4. The molecule has 9 heteroatoms. The molecule has 1 N–H and O–H groups in total. The van der Waals surface area contributed by atoms with Gasteiger partial charge in [0.1, 0.15) is 24.6 Å². The third-order valence-electron chi connectivity index (χ3n) is 5.86. The van der Waals surface area contributed by atoms with Crippen LogP contribution in [-0.2, 0) is 38.1 Å². The van der Waals surface area contributed by atoms with Crippen LogP contribution >= 0.6 is 0 Å². The Morgan fingerprint density at radius 2 is 1.97 bits per heavy atom. The molecule has 2 aliphatic heterocycles. The van der Waals surface area contributed by atoms with Gasteiger partial charge in [-0.2, -0.15) is 0 Å². The molecule has 0 aromatic carbocycles. The molecule has 30 heavy (non-hydrogen) atoms. The Bertz CT molecular complexity index is 841. The molecule has 0 bridgehead atoms. The molecule has 9 nitrogen and oxygen atoms in total. The van der Waals surface area contributed by atoms with E-state index < -0.39 is 60.4 Å². The fourth-order valence-electron chi connectivity index (χ4n) is 3.84. The van der Waals surface area contributed by atoms with Crippen LogP contribution in [0.15, 0.2) is 23.3 Å². The average molecular weight is 422 g/mol. The lowest BCUT2D eigenvalue weighted by Gasteiger charge is -2.31. The molecule has 0 amide bonds. The zero-order chi connectivity index (χ0) is 22.4. The number of hydrogen-bond acceptors (Lipinski definition) is 9. The van der Waals surface area contributed by atoms with Crippen molar-refractivity contribution in [2.75, 3.05) is 6.61 Å². The lowest BCUT2D eigenvalue weighted by molar-refractivity contribution is -0.153. The van der Waals surface area contributed by atoms with Gasteiger partial charge < -0.3 is 24.1 Å². The number of ether oxygens (including phenoxy) is 4. The van der Waals surface area contributed by atoms with Crippen LogP contribution in [0.3, 0.4) is 0 Å². The molecule has 2 fully saturated rings. The van der Waals surface area contributed by atoms with E-state index in [1.54, 1.807) is 6.92 Å². The first-order chi connectivity index (χ1) is 14.0. The van der Waals surface area contributed by atoms with Gasteiger partial charge in [-0.05, 0) is 20.3 Å². The van der Waals surface area contributed by atoms with E-state index in [1.807, 2.05) is 0 Å². The Morgan fingerprint density at radius 1 is 1.30 bits per heavy atom. The second-order valence-corrected chi connectivity index (χ2v) is 8.24. The van der Waals surface area contributed by atoms with Crippen molar-refractivity contribution in [3.63, 3.8) is 0 Å². The summed E-state index contributed by atoms with van der Waals surface area (Å²) in [4.78, 5) is 48.8. The second-order valence-electron chi connectivity index (χ2n) is 8.24. The van der Waals surface area contributed by atoms with Crippen LogP contribution < -0.4 is 0 Å². The SMILES string of the molecule is C=C(C)C(=O)O[C@@H]1C2=C(COC(C)=O)C(=O)O[C@@H]2[C@@H]2O[C@]2(C)CCC(=O)[C@@H](C)[C@H]1O. The molecule has 1 saturated heterocycles. The molecule has 3 rings (SSSR count). The molecule has 0 spiro atoms. The smallest absolute Gasteiger partial charge is 0.338 e. The first-order valence-corrected chi connectivity index (χ1v) is 9.78. The van der Waals surface area contributed by atoms with Gasteiger partial charge in [0.2, 0.25) is 0 Å². The standard InChI is InChI=1S/C21H26O9/c1-9(2)19(25)28-16-14-12(8-27-11(4)22)20(26)29-17(14)18-21(5,30-18)7-6-13(23)10(3)15(16)24/h10,15-18,24H,1,6-8H2,2-5H3/t10-,15-,16-,17+,18+,21-/m1/s1. The van der Waals surface area contributed by atoms with Crippen LogP contribution in [0.2, 0.25) is 0 Å². The summed E-state index contributed by atoms with van der Waals surface area (Å²) in [6.45, 7) is 9.08. The summed E-state index contributed by atoms with van der Waals surface area (Å²) in [5.74, 6) is -3.28. The van der Waals surface area contributed by atoms with Crippen molar-refractivity contribution < 1.29 is 43.2 Å². The number of esters is 3. The molecule has 2 heterocycles. The summed E-state index contributed by atoms with van der Waals surface area (Å²) in [6, 6.07) is 0. The number of hydrogen-bond donors (Lipinski definition) is 1. The summed E-state index contributed by atoms with van der Waals surface area (Å²) in [6.07, 6.45) is -3.78. The predicted molar refractivity (Wildman–Crippen MR) is 101 cm³/mol. The number of Topliss-reactive ketones (excluding diaryl/α,β-unsaturated/α-hetero) is 1. The first-order valence-electron chi connectivity index (χ1n) is 9.78. The van der Waals surface area contributed by atoms with Crippen molar-refractivity contribution in [2.45, 2.75) is 70.6 Å². The van der Waals surface area contributed by atoms with E-state index in [4.69, 9.17) is 18.9 Å². The van der Waals surface area contributed by atoms with Crippen LogP contribution in [0.4, 0.5) is 0 Å². The van der Waals surface area contributed by atoms with E-state index in [9.17, 15) is 24.3 Å². The Labute approximate surface area is 174 Å². The zero-order valence-corrected chi connectivity index (χ0v) is 17.4. The molecule has 1 aliphatic carbocycles. The molecular weight excluding hydrogens is 396 g/mol. The third-order valence-corrected chi connectivity index (χ3v) is 5.86. The largest absolute Gasteiger partial charge is 0.461 e. The highest BCUT2D eigenvalue weighted by molar-refractivity contribution is 5.94. The van der Waals surface area contributed by atoms with E-state index >= 15 is 0 Å². The Morgan fingerprint density at radius 3 is 2.57 bits per heavy atom. The van der Waals surface area contributed by atoms with Gasteiger partial charge in [0, 0.05) is 30.4 Å². The van der Waals surface area contributed by atoms with Gasteiger partial charge in [-0.3, -0.25) is 9.59 Å². The predicted octanol–water partition coefficient (Wildman–Crippen LogP) is 0.777. The number of carbonyl (C=O) groups excluding carboxylic acids is 4. The minimum absolute atomic E-state index is 0.0353. The highest BCUT2D eigenvalue weighted by Gasteiger charge is 2.63. The molecule has 0 unspecified atom stereocenters. The molecule has 0 radical (unpaired) electrons. The molecular formula is C21H26O9. The maximum absolute atomic E-state index is 12.6. The molecule has 3 aliphatic rings. The van der Waals surface area contributed by atoms with Crippen LogP contribution in [0, 0.1) is 5.92 Å². The molecule has 0 aromatic heterocycles. The number of aliphatic hydroxyl groups is 1. The molecule has 164 valence electrons. The van der Waals surface area contributed by atoms with Crippen molar-refractivity contribution in [3.05, 3.63) is 23.3 Å². The van der Waals surface area contributed by atoms with Gasteiger partial charge in [0.15, 0.2) is 12.2 Å². The quantitative estimate of drug-likeness (QED) is 0.302. The van der Waals surface area contributed by atoms with E-state index in [1.165, 1.54) is 20.8 Å². The van der Waals surface area contributed by atoms with Crippen molar-refractivity contribution in [1.29, 1.82) is 0 Å². The summed E-state index contributed by atoms with van der Waals surface area (Å²) in [5, 5.41) is 11.0. The van der Waals surface area contributed by atoms with Crippen molar-refractivity contribution in [3.8, 4) is 0 Å². The van der Waals surface area contributed by atoms with Crippen LogP contribution in [0.1, 0.15) is 40.5 Å². The van der Waals surface area contributed by atoms with E-state index in [0.29, 0.717) is 6.42 Å². The van der Waals surface area contributed by atoms with Crippen molar-refractivity contribution in [1.82, 2.24) is 0 Å². The Balaban J connectivity index is 2.11. The van der Waals surface area contributed by atoms with Crippen molar-refractivity contribution >= 4 is 23.7 Å². The fraction of sp³-hybridized carbons (Fsp3) is 0.619. The molecule has 6 atom stereocenters. The van der Waals surface area contributed by atoms with Gasteiger partial charge in [-0.25, -0.2) is 9.59 Å². The molecule has 0 aromatic rings. The lowest BCUT2D eigenvalue weighted by Crippen LogP contribution is -2.45. The van der Waals surface area contributed by atoms with E-state index in [0.717, 1.165) is 0 Å². The van der Waals surface area contributed by atoms with Gasteiger partial charge in [0.05, 0.1) is 11.2 Å². The Hall–Kier alpha value is -2.52. The normalized spacial score (nSPS) is 35.7. The van der Waals surface area contributed by atoms with Gasteiger partial charge >= 0.3 is 17.9 Å². The highest BCUT2D eigenvalue weighted by Crippen LogP contribution is 2.49. The number of epoxide rings is 1. The highest BCUT2D eigenvalue weighted by atomic mass is 16.6. The maximum Gasteiger partial charge on any atom is 0.338 e. The second kappa shape index (κ2) is 7.96. The van der Waals surface area contributed by atoms with Gasteiger partial charge in [-0.1, -0.05) is 13.5 Å². The molecule has 1 saturated carbocycles. The number of carbonyl (C=O) groups is 4. The first kappa shape index (κ1) is 22.2. The summed E-state index contributed by atoms with van der Waals surface area (Å²) < 4.78 is 21.8. The summed E-state index contributed by atoms with van der Waals surface area (Å²) in [5.41, 5.74) is -0.506. The van der Waals surface area contributed by atoms with Crippen LogP contribution in [0.25, 0.3) is 0 Å². The summed E-state index contributed by atoms with van der Waals surface area (Å²) in [7, 11) is 0. The lowest BCUT2D eigenvalue weighted by atomic mass is 9.81.